The van der Waals surface area contributed by atoms with Gasteiger partial charge in [0.25, 0.3) is 10.0 Å². The van der Waals surface area contributed by atoms with Crippen LogP contribution in [0.3, 0.4) is 0 Å². The van der Waals surface area contributed by atoms with E-state index in [0.717, 1.165) is 26.5 Å². The first-order valence-electron chi connectivity index (χ1n) is 8.19. The number of nitrogens with zero attached hydrogens (tertiary/aromatic N) is 1. The number of anilines is 1. The van der Waals surface area contributed by atoms with Crippen LogP contribution in [0, 0.1) is 6.92 Å². The summed E-state index contributed by atoms with van der Waals surface area (Å²) in [5.74, 6) is 0.647. The maximum atomic E-state index is 12.5. The van der Waals surface area contributed by atoms with E-state index < -0.39 is 16.1 Å². The van der Waals surface area contributed by atoms with E-state index in [4.69, 9.17) is 9.47 Å². The molecule has 1 aromatic carbocycles. The Kier molecular flexibility index (Phi) is 6.18. The summed E-state index contributed by atoms with van der Waals surface area (Å²) in [5.41, 5.74) is 1.50. The lowest BCUT2D eigenvalue weighted by molar-refractivity contribution is 0.203. The maximum Gasteiger partial charge on any atom is 0.334 e. The molecule has 0 atom stereocenters. The quantitative estimate of drug-likeness (QED) is 0.582. The van der Waals surface area contributed by atoms with E-state index in [0.29, 0.717) is 29.4 Å². The molecule has 0 unspecified atom stereocenters. The fraction of sp³-hybridized carbons (Fsp3) is 0.294. The highest BCUT2D eigenvalue weighted by atomic mass is 32.2. The van der Waals surface area contributed by atoms with Crippen molar-refractivity contribution in [1.82, 2.24) is 9.71 Å². The Morgan fingerprint density at radius 3 is 2.71 bits per heavy atom. The number of hydrogen-bond donors (Lipinski definition) is 2. The highest BCUT2D eigenvalue weighted by molar-refractivity contribution is 7.92. The summed E-state index contributed by atoms with van der Waals surface area (Å²) in [6.45, 7) is 2.33. The summed E-state index contributed by atoms with van der Waals surface area (Å²) < 4.78 is 38.1. The van der Waals surface area contributed by atoms with Crippen molar-refractivity contribution in [3.05, 3.63) is 34.7 Å². The minimum absolute atomic E-state index is 0.0836. The molecule has 3 aromatic rings. The fourth-order valence-electron chi connectivity index (χ4n) is 2.45. The average molecular weight is 442 g/mol. The molecule has 28 heavy (non-hydrogen) atoms. The number of benzene rings is 1. The Morgan fingerprint density at radius 1 is 1.21 bits per heavy atom. The lowest BCUT2D eigenvalue weighted by Crippen LogP contribution is -2.33. The van der Waals surface area contributed by atoms with Crippen LogP contribution >= 0.6 is 22.7 Å². The number of rotatable bonds is 7. The first-order chi connectivity index (χ1) is 13.3. The standard InChI is InChI=1S/C17H19N3O5S3/c1-10-8-15(26-13(10)6-7-24-2)28(22,23)20-16(21)19-17-18-12-9-11(25-3)4-5-14(12)27-17/h4-5,8-9H,6-7H2,1-3H3,(H2,18,19,20,21). The maximum absolute atomic E-state index is 12.5. The molecule has 2 heterocycles. The van der Waals surface area contributed by atoms with Crippen LogP contribution in [0.5, 0.6) is 5.75 Å². The van der Waals surface area contributed by atoms with Gasteiger partial charge in [-0.15, -0.1) is 11.3 Å². The average Bonchev–Trinajstić information content (AvgIpc) is 3.21. The van der Waals surface area contributed by atoms with E-state index in [-0.39, 0.29) is 4.21 Å². The molecule has 0 bridgehead atoms. The molecule has 2 aromatic heterocycles. The second kappa shape index (κ2) is 8.43. The van der Waals surface area contributed by atoms with Crippen LogP contribution in [0.4, 0.5) is 9.93 Å². The molecular formula is C17H19N3O5S3. The van der Waals surface area contributed by atoms with Crippen molar-refractivity contribution < 1.29 is 22.7 Å². The molecular weight excluding hydrogens is 422 g/mol. The van der Waals surface area contributed by atoms with Crippen LogP contribution in [0.25, 0.3) is 10.2 Å². The normalized spacial score (nSPS) is 11.5. The zero-order valence-corrected chi connectivity index (χ0v) is 17.9. The summed E-state index contributed by atoms with van der Waals surface area (Å²) in [6.07, 6.45) is 0.615. The van der Waals surface area contributed by atoms with E-state index in [1.54, 1.807) is 32.4 Å². The number of ether oxygens (including phenoxy) is 2. The van der Waals surface area contributed by atoms with Crippen LogP contribution in [-0.2, 0) is 21.2 Å². The van der Waals surface area contributed by atoms with Crippen molar-refractivity contribution in [2.45, 2.75) is 17.6 Å². The Bertz CT molecular complexity index is 1100. The topological polar surface area (TPSA) is 107 Å². The van der Waals surface area contributed by atoms with Gasteiger partial charge in [0.05, 0.1) is 23.9 Å². The molecule has 0 aliphatic carbocycles. The van der Waals surface area contributed by atoms with E-state index >= 15 is 0 Å². The summed E-state index contributed by atoms with van der Waals surface area (Å²) >= 11 is 2.36. The van der Waals surface area contributed by atoms with Crippen molar-refractivity contribution in [2.75, 3.05) is 26.1 Å². The Labute approximate surface area is 170 Å². The first kappa shape index (κ1) is 20.5. The summed E-state index contributed by atoms with van der Waals surface area (Å²) in [4.78, 5) is 17.4. The molecule has 150 valence electrons. The molecule has 3 rings (SSSR count). The van der Waals surface area contributed by atoms with Crippen molar-refractivity contribution in [3.8, 4) is 5.75 Å². The third-order valence-electron chi connectivity index (χ3n) is 3.84. The number of urea groups is 1. The molecule has 2 amide bonds. The van der Waals surface area contributed by atoms with Crippen LogP contribution in [0.1, 0.15) is 10.4 Å². The fourth-order valence-corrected chi connectivity index (χ4v) is 5.77. The predicted octanol–water partition coefficient (Wildman–Crippen LogP) is 3.37. The van der Waals surface area contributed by atoms with E-state index in [9.17, 15) is 13.2 Å². The van der Waals surface area contributed by atoms with Gasteiger partial charge in [0.1, 0.15) is 9.96 Å². The minimum atomic E-state index is -3.97. The van der Waals surface area contributed by atoms with Crippen molar-refractivity contribution in [1.29, 1.82) is 0 Å². The second-order valence-corrected chi connectivity index (χ2v) is 9.90. The Balaban J connectivity index is 1.71. The van der Waals surface area contributed by atoms with Gasteiger partial charge in [-0.25, -0.2) is 22.9 Å². The number of methoxy groups -OCH3 is 2. The van der Waals surface area contributed by atoms with E-state index in [1.165, 1.54) is 11.3 Å². The number of nitrogens with one attached hydrogen (secondary N) is 2. The van der Waals surface area contributed by atoms with Gasteiger partial charge in [-0.05, 0) is 30.7 Å². The van der Waals surface area contributed by atoms with Crippen molar-refractivity contribution >= 4 is 54.1 Å². The molecule has 0 spiro atoms. The summed E-state index contributed by atoms with van der Waals surface area (Å²) in [6, 6.07) is 6.03. The number of thiophene rings is 1. The third kappa shape index (κ3) is 4.61. The molecule has 11 heteroatoms. The molecule has 0 aliphatic rings. The number of thiazole rings is 1. The number of aryl methyl sites for hydroxylation is 1. The number of hydrogen-bond acceptors (Lipinski definition) is 8. The molecule has 0 saturated heterocycles. The Morgan fingerprint density at radius 2 is 2.00 bits per heavy atom. The van der Waals surface area contributed by atoms with Crippen LogP contribution in [0.15, 0.2) is 28.5 Å². The largest absolute Gasteiger partial charge is 0.497 e. The monoisotopic (exact) mass is 441 g/mol. The molecule has 8 nitrogen and oxygen atoms in total. The Hall–Kier alpha value is -2.21. The minimum Gasteiger partial charge on any atom is -0.497 e. The number of carbonyl (C=O) groups excluding carboxylic acids is 1. The smallest absolute Gasteiger partial charge is 0.334 e. The molecule has 2 N–H and O–H groups in total. The van der Waals surface area contributed by atoms with Gasteiger partial charge in [0.2, 0.25) is 0 Å². The number of fused-ring (bicyclic) bond motifs is 1. The van der Waals surface area contributed by atoms with Crippen molar-refractivity contribution in [2.24, 2.45) is 0 Å². The van der Waals surface area contributed by atoms with Gasteiger partial charge in [0, 0.05) is 24.5 Å². The summed E-state index contributed by atoms with van der Waals surface area (Å²) in [7, 11) is -0.833. The zero-order chi connectivity index (χ0) is 20.3. The summed E-state index contributed by atoms with van der Waals surface area (Å²) in [5, 5.41) is 2.76. The second-order valence-electron chi connectivity index (χ2n) is 5.83. The van der Waals surface area contributed by atoms with E-state index in [1.807, 2.05) is 17.7 Å². The first-order valence-corrected chi connectivity index (χ1v) is 11.3. The SMILES string of the molecule is COCCc1sc(S(=O)(=O)NC(=O)Nc2nc3cc(OC)ccc3s2)cc1C. The van der Waals surface area contributed by atoms with Gasteiger partial charge >= 0.3 is 6.03 Å². The number of aromatic nitrogens is 1. The number of amides is 2. The van der Waals surface area contributed by atoms with Gasteiger partial charge in [-0.1, -0.05) is 11.3 Å². The number of carbonyl (C=O) groups is 1. The third-order valence-corrected chi connectivity index (χ3v) is 7.89. The molecule has 0 saturated carbocycles. The molecule has 0 aliphatic heterocycles. The van der Waals surface area contributed by atoms with Crippen molar-refractivity contribution in [3.63, 3.8) is 0 Å². The van der Waals surface area contributed by atoms with Crippen LogP contribution < -0.4 is 14.8 Å². The van der Waals surface area contributed by atoms with Gasteiger partial charge in [-0.2, -0.15) is 0 Å². The van der Waals surface area contributed by atoms with Gasteiger partial charge in [0.15, 0.2) is 5.13 Å². The molecule has 0 fully saturated rings. The highest BCUT2D eigenvalue weighted by Gasteiger charge is 2.22. The van der Waals surface area contributed by atoms with E-state index in [2.05, 4.69) is 10.3 Å². The molecule has 0 radical (unpaired) electrons. The lowest BCUT2D eigenvalue weighted by atomic mass is 10.2. The van der Waals surface area contributed by atoms with Gasteiger partial charge < -0.3 is 9.47 Å². The number of sulfonamides is 1. The van der Waals surface area contributed by atoms with Crippen LogP contribution in [-0.4, -0.2) is 40.3 Å². The lowest BCUT2D eigenvalue weighted by Gasteiger charge is -2.04. The predicted molar refractivity (Wildman–Crippen MR) is 110 cm³/mol. The van der Waals surface area contributed by atoms with Gasteiger partial charge in [-0.3, -0.25) is 5.32 Å². The van der Waals surface area contributed by atoms with Crippen LogP contribution in [0.2, 0.25) is 0 Å². The zero-order valence-electron chi connectivity index (χ0n) is 15.4. The highest BCUT2D eigenvalue weighted by Crippen LogP contribution is 2.29.